The maximum atomic E-state index is 13.6. The maximum absolute atomic E-state index is 13.6. The van der Waals surface area contributed by atoms with Crippen LogP contribution in [0.25, 0.3) is 0 Å². The summed E-state index contributed by atoms with van der Waals surface area (Å²) in [4.78, 5) is 37.9. The Hall–Kier alpha value is -3.29. The van der Waals surface area contributed by atoms with Crippen LogP contribution < -0.4 is 10.6 Å². The van der Waals surface area contributed by atoms with Crippen molar-refractivity contribution in [3.63, 3.8) is 0 Å². The minimum Gasteiger partial charge on any atom is -0.322 e. The van der Waals surface area contributed by atoms with E-state index in [1.165, 1.54) is 0 Å². The number of rotatable bonds is 4. The summed E-state index contributed by atoms with van der Waals surface area (Å²) in [5.74, 6) is -3.11. The Bertz CT molecular complexity index is 930. The van der Waals surface area contributed by atoms with E-state index in [1.807, 2.05) is 19.1 Å². The van der Waals surface area contributed by atoms with E-state index in [0.29, 0.717) is 11.6 Å². The third-order valence-corrected chi connectivity index (χ3v) is 4.41. The number of hydrogen-bond donors (Lipinski definition) is 2. The normalized spacial score (nSPS) is 19.2. The monoisotopic (exact) mass is 373 g/mol. The lowest BCUT2D eigenvalue weighted by molar-refractivity contribution is -0.133. The van der Waals surface area contributed by atoms with Gasteiger partial charge in [-0.1, -0.05) is 29.8 Å². The molecule has 2 aromatic rings. The highest BCUT2D eigenvalue weighted by molar-refractivity contribution is 6.10. The second kappa shape index (κ2) is 6.79. The van der Waals surface area contributed by atoms with Crippen LogP contribution in [0, 0.1) is 18.6 Å². The largest absolute Gasteiger partial charge is 0.325 e. The number of carbonyl (C=O) groups excluding carboxylic acids is 3. The van der Waals surface area contributed by atoms with Gasteiger partial charge in [0.05, 0.1) is 5.69 Å². The molecule has 3 rings (SSSR count). The van der Waals surface area contributed by atoms with Gasteiger partial charge in [-0.25, -0.2) is 13.6 Å². The minimum atomic E-state index is -1.30. The summed E-state index contributed by atoms with van der Waals surface area (Å²) >= 11 is 0. The molecule has 8 heteroatoms. The van der Waals surface area contributed by atoms with Crippen LogP contribution >= 0.6 is 0 Å². The van der Waals surface area contributed by atoms with Crippen LogP contribution in [-0.4, -0.2) is 29.3 Å². The number of benzene rings is 2. The van der Waals surface area contributed by atoms with Crippen LogP contribution in [0.3, 0.4) is 0 Å². The van der Waals surface area contributed by atoms with Crippen molar-refractivity contribution in [3.05, 3.63) is 65.2 Å². The van der Waals surface area contributed by atoms with Crippen LogP contribution in [0.5, 0.6) is 0 Å². The van der Waals surface area contributed by atoms with Crippen LogP contribution in [0.15, 0.2) is 42.5 Å². The van der Waals surface area contributed by atoms with Crippen molar-refractivity contribution in [2.24, 2.45) is 0 Å². The number of aryl methyl sites for hydroxylation is 1. The highest BCUT2D eigenvalue weighted by Crippen LogP contribution is 2.29. The van der Waals surface area contributed by atoms with E-state index in [1.54, 1.807) is 19.1 Å². The van der Waals surface area contributed by atoms with Crippen molar-refractivity contribution in [2.45, 2.75) is 19.4 Å². The van der Waals surface area contributed by atoms with Crippen LogP contribution in [0.2, 0.25) is 0 Å². The molecule has 6 nitrogen and oxygen atoms in total. The Morgan fingerprint density at radius 1 is 1.15 bits per heavy atom. The van der Waals surface area contributed by atoms with E-state index in [4.69, 9.17) is 0 Å². The molecule has 0 aliphatic carbocycles. The van der Waals surface area contributed by atoms with Gasteiger partial charge in [-0.3, -0.25) is 14.5 Å². The first kappa shape index (κ1) is 18.5. The van der Waals surface area contributed by atoms with E-state index in [9.17, 15) is 23.2 Å². The fourth-order valence-corrected chi connectivity index (χ4v) is 2.85. The summed E-state index contributed by atoms with van der Waals surface area (Å²) in [6.45, 7) is 2.85. The van der Waals surface area contributed by atoms with Crippen molar-refractivity contribution in [1.29, 1.82) is 0 Å². The summed E-state index contributed by atoms with van der Waals surface area (Å²) < 4.78 is 26.6. The second-order valence-electron chi connectivity index (χ2n) is 6.48. The molecule has 1 heterocycles. The van der Waals surface area contributed by atoms with Crippen molar-refractivity contribution >= 4 is 23.5 Å². The van der Waals surface area contributed by atoms with Crippen LogP contribution in [0.1, 0.15) is 18.1 Å². The minimum absolute atomic E-state index is 0.241. The first-order valence-corrected chi connectivity index (χ1v) is 8.17. The van der Waals surface area contributed by atoms with E-state index in [-0.39, 0.29) is 5.69 Å². The van der Waals surface area contributed by atoms with Gasteiger partial charge in [0.25, 0.3) is 5.91 Å². The molecular weight excluding hydrogens is 356 g/mol. The van der Waals surface area contributed by atoms with Gasteiger partial charge in [-0.05, 0) is 31.5 Å². The van der Waals surface area contributed by atoms with Gasteiger partial charge in [0.2, 0.25) is 5.91 Å². The molecule has 0 unspecified atom stereocenters. The molecule has 1 aliphatic rings. The van der Waals surface area contributed by atoms with Gasteiger partial charge < -0.3 is 10.6 Å². The van der Waals surface area contributed by atoms with Gasteiger partial charge >= 0.3 is 6.03 Å². The lowest BCUT2D eigenvalue weighted by Crippen LogP contribution is -2.42. The first-order chi connectivity index (χ1) is 12.7. The quantitative estimate of drug-likeness (QED) is 0.809. The standard InChI is InChI=1S/C19H17F2N3O3/c1-11-3-5-12(6-4-11)19(2)17(26)24(18(27)23-19)10-16(25)22-15-8-7-13(20)9-14(15)21/h3-9H,10H2,1-2H3,(H,22,25)(H,23,27)/t19-/m1/s1. The fourth-order valence-electron chi connectivity index (χ4n) is 2.85. The predicted molar refractivity (Wildman–Crippen MR) is 93.8 cm³/mol. The molecule has 140 valence electrons. The summed E-state index contributed by atoms with van der Waals surface area (Å²) in [6.07, 6.45) is 0. The highest BCUT2D eigenvalue weighted by atomic mass is 19.1. The summed E-state index contributed by atoms with van der Waals surface area (Å²) in [6, 6.07) is 9.02. The van der Waals surface area contributed by atoms with Gasteiger partial charge in [0.15, 0.2) is 0 Å². The number of hydrogen-bond acceptors (Lipinski definition) is 3. The summed E-state index contributed by atoms with van der Waals surface area (Å²) in [5, 5.41) is 4.81. The second-order valence-corrected chi connectivity index (χ2v) is 6.48. The average molecular weight is 373 g/mol. The summed E-state index contributed by atoms with van der Waals surface area (Å²) in [5.41, 5.74) is 0.0389. The zero-order valence-corrected chi connectivity index (χ0v) is 14.7. The molecule has 2 aromatic carbocycles. The number of carbonyl (C=O) groups is 3. The fraction of sp³-hybridized carbons (Fsp3) is 0.211. The van der Waals surface area contributed by atoms with Gasteiger partial charge in [-0.2, -0.15) is 0 Å². The SMILES string of the molecule is Cc1ccc([C@@]2(C)NC(=O)N(CC(=O)Nc3ccc(F)cc3F)C2=O)cc1. The molecule has 0 saturated carbocycles. The molecule has 27 heavy (non-hydrogen) atoms. The van der Waals surface area contributed by atoms with Crippen molar-refractivity contribution in [1.82, 2.24) is 10.2 Å². The molecule has 1 fully saturated rings. The van der Waals surface area contributed by atoms with Crippen molar-refractivity contribution in [3.8, 4) is 0 Å². The third-order valence-electron chi connectivity index (χ3n) is 4.41. The van der Waals surface area contributed by atoms with E-state index in [2.05, 4.69) is 10.6 Å². The molecule has 1 aliphatic heterocycles. The van der Waals surface area contributed by atoms with Gasteiger partial charge in [0, 0.05) is 6.07 Å². The van der Waals surface area contributed by atoms with Crippen LogP contribution in [0.4, 0.5) is 19.3 Å². The third kappa shape index (κ3) is 3.51. The Kier molecular flexibility index (Phi) is 4.65. The van der Waals surface area contributed by atoms with Crippen molar-refractivity contribution in [2.75, 3.05) is 11.9 Å². The molecule has 0 bridgehead atoms. The Morgan fingerprint density at radius 2 is 1.81 bits per heavy atom. The Morgan fingerprint density at radius 3 is 2.44 bits per heavy atom. The Labute approximate surface area is 154 Å². The molecule has 1 saturated heterocycles. The predicted octanol–water partition coefficient (Wildman–Crippen LogP) is 2.68. The highest BCUT2D eigenvalue weighted by Gasteiger charge is 2.49. The molecule has 1 atom stereocenters. The maximum Gasteiger partial charge on any atom is 0.325 e. The molecule has 2 N–H and O–H groups in total. The van der Waals surface area contributed by atoms with Gasteiger partial charge in [-0.15, -0.1) is 0 Å². The zero-order valence-electron chi connectivity index (χ0n) is 14.7. The molecule has 4 amide bonds. The number of nitrogens with zero attached hydrogens (tertiary/aromatic N) is 1. The molecule has 0 spiro atoms. The van der Waals surface area contributed by atoms with E-state index in [0.717, 1.165) is 22.6 Å². The number of anilines is 1. The average Bonchev–Trinajstić information content (AvgIpc) is 2.82. The number of nitrogens with one attached hydrogen (secondary N) is 2. The van der Waals surface area contributed by atoms with E-state index < -0.39 is 41.6 Å². The lowest BCUT2D eigenvalue weighted by Gasteiger charge is -2.22. The molecular formula is C19H17F2N3O3. The van der Waals surface area contributed by atoms with E-state index >= 15 is 0 Å². The van der Waals surface area contributed by atoms with Gasteiger partial charge in [0.1, 0.15) is 23.7 Å². The van der Waals surface area contributed by atoms with Crippen LogP contribution in [-0.2, 0) is 15.1 Å². The number of amides is 4. The number of halogens is 2. The first-order valence-electron chi connectivity index (χ1n) is 8.17. The van der Waals surface area contributed by atoms with Crippen molar-refractivity contribution < 1.29 is 23.2 Å². The number of imide groups is 1. The zero-order chi connectivity index (χ0) is 19.8. The smallest absolute Gasteiger partial charge is 0.322 e. The summed E-state index contributed by atoms with van der Waals surface area (Å²) in [7, 11) is 0. The number of urea groups is 1. The topological polar surface area (TPSA) is 78.5 Å². The molecule has 0 aromatic heterocycles. The lowest BCUT2D eigenvalue weighted by atomic mass is 9.91. The Balaban J connectivity index is 1.75. The molecule has 0 radical (unpaired) electrons.